The number of benzene rings is 2. The third-order valence-corrected chi connectivity index (χ3v) is 5.27. The van der Waals surface area contributed by atoms with Crippen molar-refractivity contribution in [1.29, 1.82) is 0 Å². The average molecular weight is 422 g/mol. The van der Waals surface area contributed by atoms with Gasteiger partial charge in [0.15, 0.2) is 0 Å². The second-order valence-electron chi connectivity index (χ2n) is 7.25. The van der Waals surface area contributed by atoms with E-state index in [0.29, 0.717) is 36.3 Å². The third-order valence-electron chi connectivity index (χ3n) is 5.27. The summed E-state index contributed by atoms with van der Waals surface area (Å²) in [5.41, 5.74) is 1.47. The van der Waals surface area contributed by atoms with E-state index < -0.39 is 0 Å². The normalized spacial score (nSPS) is 16.1. The summed E-state index contributed by atoms with van der Waals surface area (Å²) in [7, 11) is 1.62. The highest BCUT2D eigenvalue weighted by atomic mass is 16.5. The molecule has 0 aliphatic carbocycles. The second kappa shape index (κ2) is 9.51. The summed E-state index contributed by atoms with van der Waals surface area (Å²) < 4.78 is 16.4. The fraction of sp³-hybridized carbons (Fsp3) is 0.348. The molecule has 1 fully saturated rings. The summed E-state index contributed by atoms with van der Waals surface area (Å²) in [4.78, 5) is 19.5. The number of amides is 2. The van der Waals surface area contributed by atoms with Crippen LogP contribution in [0.5, 0.6) is 11.5 Å². The highest BCUT2D eigenvalue weighted by Crippen LogP contribution is 2.33. The molecule has 8 heteroatoms. The van der Waals surface area contributed by atoms with E-state index in [1.165, 1.54) is 0 Å². The second-order valence-corrected chi connectivity index (χ2v) is 7.25. The van der Waals surface area contributed by atoms with Crippen LogP contribution in [-0.4, -0.2) is 41.3 Å². The van der Waals surface area contributed by atoms with Crippen molar-refractivity contribution in [3.8, 4) is 22.9 Å². The molecule has 1 saturated heterocycles. The van der Waals surface area contributed by atoms with Gasteiger partial charge in [0, 0.05) is 12.1 Å². The summed E-state index contributed by atoms with van der Waals surface area (Å²) in [6.07, 6.45) is 2.69. The molecule has 1 atom stereocenters. The topological polar surface area (TPSA) is 89.7 Å². The number of hydrogen-bond donors (Lipinski definition) is 1. The molecule has 8 nitrogen and oxygen atoms in total. The number of nitrogens with one attached hydrogen (secondary N) is 1. The Bertz CT molecular complexity index is 1020. The van der Waals surface area contributed by atoms with Gasteiger partial charge >= 0.3 is 6.03 Å². The number of hydrogen-bond acceptors (Lipinski definition) is 6. The van der Waals surface area contributed by atoms with Gasteiger partial charge in [-0.15, -0.1) is 0 Å². The first-order valence-electron chi connectivity index (χ1n) is 10.5. The molecule has 1 unspecified atom stereocenters. The Labute approximate surface area is 181 Å². The molecular weight excluding hydrogens is 396 g/mol. The number of aromatic nitrogens is 2. The number of piperidine rings is 1. The minimum atomic E-state index is -0.271. The molecule has 2 amide bonds. The van der Waals surface area contributed by atoms with Crippen LogP contribution in [-0.2, 0) is 0 Å². The molecular formula is C23H26N4O4. The van der Waals surface area contributed by atoms with Gasteiger partial charge in [0.05, 0.1) is 19.4 Å². The molecule has 1 N–H and O–H groups in total. The van der Waals surface area contributed by atoms with Crippen molar-refractivity contribution in [3.05, 3.63) is 54.4 Å². The van der Waals surface area contributed by atoms with Crippen LogP contribution >= 0.6 is 0 Å². The largest absolute Gasteiger partial charge is 0.497 e. The van der Waals surface area contributed by atoms with Crippen molar-refractivity contribution in [2.45, 2.75) is 32.2 Å². The lowest BCUT2D eigenvalue weighted by molar-refractivity contribution is 0.142. The zero-order valence-corrected chi connectivity index (χ0v) is 17.7. The number of carbonyl (C=O) groups is 1. The first kappa shape index (κ1) is 20.7. The van der Waals surface area contributed by atoms with E-state index >= 15 is 0 Å². The molecule has 0 spiro atoms. The van der Waals surface area contributed by atoms with Crippen LogP contribution < -0.4 is 14.8 Å². The van der Waals surface area contributed by atoms with Crippen LogP contribution in [0.25, 0.3) is 11.4 Å². The predicted molar refractivity (Wildman–Crippen MR) is 116 cm³/mol. The zero-order chi connectivity index (χ0) is 21.6. The summed E-state index contributed by atoms with van der Waals surface area (Å²) in [5.74, 6) is 2.34. The molecule has 0 saturated carbocycles. The quantitative estimate of drug-likeness (QED) is 0.607. The fourth-order valence-electron chi connectivity index (χ4n) is 3.70. The maximum atomic E-state index is 13.1. The molecule has 1 aromatic heterocycles. The van der Waals surface area contributed by atoms with E-state index in [-0.39, 0.29) is 12.1 Å². The molecule has 0 bridgehead atoms. The van der Waals surface area contributed by atoms with Gasteiger partial charge in [-0.2, -0.15) is 4.98 Å². The number of rotatable bonds is 6. The minimum Gasteiger partial charge on any atom is -0.497 e. The van der Waals surface area contributed by atoms with E-state index in [9.17, 15) is 4.79 Å². The van der Waals surface area contributed by atoms with Crippen molar-refractivity contribution in [1.82, 2.24) is 15.0 Å². The molecule has 1 aliphatic heterocycles. The van der Waals surface area contributed by atoms with E-state index in [4.69, 9.17) is 14.0 Å². The first-order chi connectivity index (χ1) is 15.2. The van der Waals surface area contributed by atoms with Gasteiger partial charge in [-0.1, -0.05) is 17.3 Å². The van der Waals surface area contributed by atoms with Crippen molar-refractivity contribution in [2.24, 2.45) is 0 Å². The smallest absolute Gasteiger partial charge is 0.322 e. The summed E-state index contributed by atoms with van der Waals surface area (Å²) in [6.45, 7) is 3.05. The van der Waals surface area contributed by atoms with Crippen molar-refractivity contribution in [3.63, 3.8) is 0 Å². The third kappa shape index (κ3) is 4.63. The number of nitrogens with zero attached hydrogens (tertiary/aromatic N) is 3. The summed E-state index contributed by atoms with van der Waals surface area (Å²) >= 11 is 0. The van der Waals surface area contributed by atoms with Gasteiger partial charge in [0.25, 0.3) is 0 Å². The van der Waals surface area contributed by atoms with Gasteiger partial charge in [-0.05, 0) is 62.6 Å². The van der Waals surface area contributed by atoms with Crippen molar-refractivity contribution < 1.29 is 18.8 Å². The Kier molecular flexibility index (Phi) is 6.35. The summed E-state index contributed by atoms with van der Waals surface area (Å²) in [5, 5.41) is 7.10. The lowest BCUT2D eigenvalue weighted by Gasteiger charge is -2.33. The molecule has 31 heavy (non-hydrogen) atoms. The monoisotopic (exact) mass is 422 g/mol. The van der Waals surface area contributed by atoms with Gasteiger partial charge in [0.2, 0.25) is 11.7 Å². The van der Waals surface area contributed by atoms with Gasteiger partial charge in [0.1, 0.15) is 17.5 Å². The number of methoxy groups -OCH3 is 1. The molecule has 1 aliphatic rings. The lowest BCUT2D eigenvalue weighted by atomic mass is 10.0. The van der Waals surface area contributed by atoms with Crippen LogP contribution in [0.4, 0.5) is 10.5 Å². The highest BCUT2D eigenvalue weighted by Gasteiger charge is 2.32. The number of likely N-dealkylation sites (tertiary alicyclic amines) is 1. The maximum absolute atomic E-state index is 13.1. The molecule has 0 radical (unpaired) electrons. The van der Waals surface area contributed by atoms with Crippen LogP contribution in [0.1, 0.15) is 38.1 Å². The Morgan fingerprint density at radius 3 is 2.77 bits per heavy atom. The van der Waals surface area contributed by atoms with Crippen LogP contribution in [0.2, 0.25) is 0 Å². The van der Waals surface area contributed by atoms with Gasteiger partial charge in [-0.3, -0.25) is 0 Å². The number of carbonyl (C=O) groups excluding carboxylic acids is 1. The Morgan fingerprint density at radius 1 is 1.19 bits per heavy atom. The van der Waals surface area contributed by atoms with E-state index in [0.717, 1.165) is 30.6 Å². The van der Waals surface area contributed by atoms with Crippen LogP contribution in [0, 0.1) is 0 Å². The molecule has 2 aromatic carbocycles. The number of urea groups is 1. The van der Waals surface area contributed by atoms with Crippen molar-refractivity contribution >= 4 is 11.7 Å². The number of para-hydroxylation sites is 2. The Balaban J connectivity index is 1.52. The maximum Gasteiger partial charge on any atom is 0.322 e. The van der Waals surface area contributed by atoms with E-state index in [1.54, 1.807) is 12.0 Å². The first-order valence-corrected chi connectivity index (χ1v) is 10.5. The predicted octanol–water partition coefficient (Wildman–Crippen LogP) is 4.90. The molecule has 2 heterocycles. The minimum absolute atomic E-state index is 0.207. The van der Waals surface area contributed by atoms with E-state index in [1.807, 2.05) is 55.5 Å². The molecule has 3 aromatic rings. The average Bonchev–Trinajstić information content (AvgIpc) is 3.31. The Hall–Kier alpha value is -3.55. The standard InChI is InChI=1S/C23H26N4O4/c1-3-30-20-10-5-4-8-18(20)24-23(28)27-15-7-6-9-19(27)22-25-21(26-31-22)16-11-13-17(29-2)14-12-16/h4-5,8,10-14,19H,3,6-7,9,15H2,1-2H3,(H,24,28). The van der Waals surface area contributed by atoms with Gasteiger partial charge in [-0.25, -0.2) is 4.79 Å². The highest BCUT2D eigenvalue weighted by molar-refractivity contribution is 5.91. The molecule has 4 rings (SSSR count). The number of ether oxygens (including phenoxy) is 2. The zero-order valence-electron chi connectivity index (χ0n) is 17.7. The number of anilines is 1. The SMILES string of the molecule is CCOc1ccccc1NC(=O)N1CCCCC1c1nc(-c2ccc(OC)cc2)no1. The van der Waals surface area contributed by atoms with Crippen LogP contribution in [0.3, 0.4) is 0 Å². The van der Waals surface area contributed by atoms with Crippen LogP contribution in [0.15, 0.2) is 53.1 Å². The lowest BCUT2D eigenvalue weighted by Crippen LogP contribution is -2.41. The molecule has 162 valence electrons. The fourth-order valence-corrected chi connectivity index (χ4v) is 3.70. The van der Waals surface area contributed by atoms with Gasteiger partial charge < -0.3 is 24.2 Å². The van der Waals surface area contributed by atoms with E-state index in [2.05, 4.69) is 15.5 Å². The van der Waals surface area contributed by atoms with Crippen molar-refractivity contribution in [2.75, 3.05) is 25.6 Å². The summed E-state index contributed by atoms with van der Waals surface area (Å²) in [6, 6.07) is 14.4. The Morgan fingerprint density at radius 2 is 2.00 bits per heavy atom.